The first kappa shape index (κ1) is 26.3. The van der Waals surface area contributed by atoms with E-state index >= 15 is 0 Å². The van der Waals surface area contributed by atoms with E-state index in [1.165, 1.54) is 31.5 Å². The lowest BCUT2D eigenvalue weighted by Gasteiger charge is -2.50. The molecule has 3 aromatic rings. The van der Waals surface area contributed by atoms with Gasteiger partial charge in [-0.15, -0.1) is 0 Å². The van der Waals surface area contributed by atoms with Crippen LogP contribution in [0.4, 0.5) is 27.8 Å². The highest BCUT2D eigenvalue weighted by Gasteiger charge is 2.66. The van der Waals surface area contributed by atoms with Crippen molar-refractivity contribution >= 4 is 11.7 Å². The van der Waals surface area contributed by atoms with Crippen molar-refractivity contribution in [2.24, 2.45) is 0 Å². The fraction of sp³-hybridized carbons (Fsp3) is 0.381. The maximum Gasteiger partial charge on any atom is 0.434 e. The molecule has 0 bridgehead atoms. The predicted molar refractivity (Wildman–Crippen MR) is 114 cm³/mol. The predicted octanol–water partition coefficient (Wildman–Crippen LogP) is 1.96. The van der Waals surface area contributed by atoms with Gasteiger partial charge in [-0.1, -0.05) is 11.6 Å². The number of rotatable bonds is 5. The number of aliphatic hydroxyl groups is 2. The molecule has 3 heterocycles. The molecule has 37 heavy (non-hydrogen) atoms. The Morgan fingerprint density at radius 1 is 1.16 bits per heavy atom. The summed E-state index contributed by atoms with van der Waals surface area (Å²) in [6.07, 6.45) is -6.95. The molecule has 1 amide bonds. The molecule has 0 radical (unpaired) electrons. The SMILES string of the molecule is Cc1ccc(-n2nccn2)c(C(=O)N2C(CNc3cnc(C(F)(F)F)cn3)C(C)OC(F)(F)C2(O)O)c1. The Morgan fingerprint density at radius 3 is 2.43 bits per heavy atom. The summed E-state index contributed by atoms with van der Waals surface area (Å²) < 4.78 is 72.0. The first-order chi connectivity index (χ1) is 17.2. The van der Waals surface area contributed by atoms with E-state index in [9.17, 15) is 37.0 Å². The van der Waals surface area contributed by atoms with Crippen molar-refractivity contribution in [1.82, 2.24) is 29.9 Å². The number of nitrogens with one attached hydrogen (secondary N) is 1. The number of carbonyl (C=O) groups is 1. The number of nitrogens with zero attached hydrogens (tertiary/aromatic N) is 6. The van der Waals surface area contributed by atoms with Gasteiger partial charge in [-0.2, -0.15) is 36.9 Å². The zero-order valence-electron chi connectivity index (χ0n) is 19.2. The van der Waals surface area contributed by atoms with Crippen LogP contribution in [0.15, 0.2) is 43.0 Å². The minimum absolute atomic E-state index is 0.0687. The number of ether oxygens (including phenoxy) is 1. The van der Waals surface area contributed by atoms with Gasteiger partial charge in [0.2, 0.25) is 0 Å². The number of halogens is 5. The van der Waals surface area contributed by atoms with Gasteiger partial charge >= 0.3 is 18.2 Å². The highest BCUT2D eigenvalue weighted by molar-refractivity contribution is 5.98. The second kappa shape index (κ2) is 9.28. The molecule has 0 spiro atoms. The monoisotopic (exact) mass is 529 g/mol. The number of morpholine rings is 1. The second-order valence-corrected chi connectivity index (χ2v) is 8.22. The molecule has 2 aromatic heterocycles. The molecule has 1 aliphatic rings. The zero-order valence-corrected chi connectivity index (χ0v) is 19.2. The minimum atomic E-state index is -4.73. The summed E-state index contributed by atoms with van der Waals surface area (Å²) in [5, 5.41) is 31.4. The molecule has 16 heteroatoms. The number of aromatic nitrogens is 5. The van der Waals surface area contributed by atoms with Gasteiger partial charge in [0.05, 0.1) is 48.2 Å². The summed E-state index contributed by atoms with van der Waals surface area (Å²) in [5.74, 6) is -5.52. The van der Waals surface area contributed by atoms with E-state index in [2.05, 4.69) is 30.2 Å². The Morgan fingerprint density at radius 2 is 1.84 bits per heavy atom. The molecule has 2 unspecified atom stereocenters. The molecule has 11 nitrogen and oxygen atoms in total. The van der Waals surface area contributed by atoms with Gasteiger partial charge < -0.3 is 20.3 Å². The van der Waals surface area contributed by atoms with Crippen LogP contribution in [0.25, 0.3) is 5.69 Å². The normalized spacial score (nSPS) is 21.1. The maximum absolute atomic E-state index is 14.6. The van der Waals surface area contributed by atoms with Gasteiger partial charge in [0.1, 0.15) is 5.82 Å². The van der Waals surface area contributed by atoms with E-state index in [0.29, 0.717) is 11.8 Å². The average molecular weight is 529 g/mol. The average Bonchev–Trinajstić information content (AvgIpc) is 3.34. The van der Waals surface area contributed by atoms with Gasteiger partial charge in [0.15, 0.2) is 5.69 Å². The van der Waals surface area contributed by atoms with Gasteiger partial charge in [0.25, 0.3) is 5.91 Å². The van der Waals surface area contributed by atoms with E-state index in [4.69, 9.17) is 0 Å². The largest absolute Gasteiger partial charge is 0.434 e. The summed E-state index contributed by atoms with van der Waals surface area (Å²) in [6.45, 7) is 2.31. The molecule has 2 atom stereocenters. The quantitative estimate of drug-likeness (QED) is 0.334. The fourth-order valence-electron chi connectivity index (χ4n) is 3.76. The Hall–Kier alpha value is -3.76. The van der Waals surface area contributed by atoms with Crippen LogP contribution >= 0.6 is 0 Å². The molecule has 1 saturated heterocycles. The summed E-state index contributed by atoms with van der Waals surface area (Å²) >= 11 is 0. The van der Waals surface area contributed by atoms with E-state index < -0.39 is 48.5 Å². The lowest BCUT2D eigenvalue weighted by molar-refractivity contribution is -0.473. The summed E-state index contributed by atoms with van der Waals surface area (Å²) in [4.78, 5) is 21.7. The number of alkyl halides is 5. The first-order valence-corrected chi connectivity index (χ1v) is 10.7. The van der Waals surface area contributed by atoms with Gasteiger partial charge in [-0.25, -0.2) is 9.97 Å². The topological polar surface area (TPSA) is 139 Å². The summed E-state index contributed by atoms with van der Waals surface area (Å²) in [6, 6.07) is 2.93. The third-order valence-electron chi connectivity index (χ3n) is 5.60. The van der Waals surface area contributed by atoms with Crippen molar-refractivity contribution in [2.45, 2.75) is 44.2 Å². The Kier molecular flexibility index (Phi) is 6.60. The molecular formula is C21H20F5N7O4. The molecular weight excluding hydrogens is 509 g/mol. The highest BCUT2D eigenvalue weighted by atomic mass is 19.4. The lowest BCUT2D eigenvalue weighted by atomic mass is 10.0. The third kappa shape index (κ3) is 4.94. The van der Waals surface area contributed by atoms with E-state index in [1.807, 2.05) is 0 Å². The standard InChI is InChI=1S/C21H20F5N7O4/c1-11-3-4-14(33-30-5-6-31-33)13(7-11)18(34)32-15(12(2)37-20(25,26)21(32,35)36)8-28-17-10-27-16(9-29-17)19(22,23)24/h3-7,9-10,12,15,35-36H,8H2,1-2H3,(H,28,29). The fourth-order valence-corrected chi connectivity index (χ4v) is 3.76. The van der Waals surface area contributed by atoms with Crippen LogP contribution in [0.2, 0.25) is 0 Å². The molecule has 0 saturated carbocycles. The third-order valence-corrected chi connectivity index (χ3v) is 5.60. The van der Waals surface area contributed by atoms with Crippen LogP contribution in [-0.2, 0) is 10.9 Å². The number of carbonyl (C=O) groups excluding carboxylic acids is 1. The maximum atomic E-state index is 14.6. The smallest absolute Gasteiger partial charge is 0.367 e. The van der Waals surface area contributed by atoms with Crippen LogP contribution in [0, 0.1) is 6.92 Å². The van der Waals surface area contributed by atoms with Crippen molar-refractivity contribution in [3.8, 4) is 5.69 Å². The molecule has 1 aromatic carbocycles. The van der Waals surface area contributed by atoms with Crippen molar-refractivity contribution in [3.05, 3.63) is 59.8 Å². The number of anilines is 1. The van der Waals surface area contributed by atoms with E-state index in [-0.39, 0.29) is 22.0 Å². The molecule has 198 valence electrons. The summed E-state index contributed by atoms with van der Waals surface area (Å²) in [5.41, 5.74) is -0.872. The van der Waals surface area contributed by atoms with Crippen LogP contribution in [0.3, 0.4) is 0 Å². The minimum Gasteiger partial charge on any atom is -0.367 e. The van der Waals surface area contributed by atoms with E-state index in [0.717, 1.165) is 11.0 Å². The Labute approximate surface area is 205 Å². The molecule has 3 N–H and O–H groups in total. The van der Waals surface area contributed by atoms with E-state index in [1.54, 1.807) is 13.0 Å². The van der Waals surface area contributed by atoms with Crippen molar-refractivity contribution in [1.29, 1.82) is 0 Å². The second-order valence-electron chi connectivity index (χ2n) is 8.22. The number of hydrogen-bond acceptors (Lipinski definition) is 9. The number of amides is 1. The summed E-state index contributed by atoms with van der Waals surface area (Å²) in [7, 11) is 0. The van der Waals surface area contributed by atoms with Crippen molar-refractivity contribution in [3.63, 3.8) is 0 Å². The first-order valence-electron chi connectivity index (χ1n) is 10.7. The number of aryl methyl sites for hydroxylation is 1. The number of hydrogen-bond donors (Lipinski definition) is 3. The van der Waals surface area contributed by atoms with Gasteiger partial charge in [-0.05, 0) is 26.0 Å². The Balaban J connectivity index is 1.70. The Bertz CT molecular complexity index is 1270. The molecule has 1 fully saturated rings. The lowest BCUT2D eigenvalue weighted by Crippen LogP contribution is -2.74. The molecule has 1 aliphatic heterocycles. The van der Waals surface area contributed by atoms with Crippen LogP contribution in [0.5, 0.6) is 0 Å². The van der Waals surface area contributed by atoms with Crippen molar-refractivity contribution in [2.75, 3.05) is 11.9 Å². The zero-order chi connectivity index (χ0) is 27.2. The number of benzene rings is 1. The molecule has 4 rings (SSSR count). The van der Waals surface area contributed by atoms with Crippen LogP contribution in [0.1, 0.15) is 28.5 Å². The van der Waals surface area contributed by atoms with Gasteiger partial charge in [-0.3, -0.25) is 9.69 Å². The highest BCUT2D eigenvalue weighted by Crippen LogP contribution is 2.41. The van der Waals surface area contributed by atoms with Crippen LogP contribution < -0.4 is 5.32 Å². The van der Waals surface area contributed by atoms with Crippen molar-refractivity contribution < 1.29 is 41.7 Å². The van der Waals surface area contributed by atoms with Gasteiger partial charge in [0, 0.05) is 6.54 Å². The molecule has 0 aliphatic carbocycles. The van der Waals surface area contributed by atoms with Crippen LogP contribution in [-0.4, -0.2) is 76.7 Å².